The van der Waals surface area contributed by atoms with E-state index in [1.807, 2.05) is 0 Å². The van der Waals surface area contributed by atoms with Gasteiger partial charge in [0, 0.05) is 4.47 Å². The summed E-state index contributed by atoms with van der Waals surface area (Å²) in [6.45, 7) is 0.263. The molecule has 0 aliphatic heterocycles. The molecule has 2 aromatic rings. The Bertz CT molecular complexity index is 590. The summed E-state index contributed by atoms with van der Waals surface area (Å²) in [4.78, 5) is 5.33. The van der Waals surface area contributed by atoms with E-state index in [1.165, 1.54) is 4.68 Å². The van der Waals surface area contributed by atoms with Gasteiger partial charge >= 0.3 is 6.18 Å². The summed E-state index contributed by atoms with van der Waals surface area (Å²) >= 11 is 3.28. The Labute approximate surface area is 122 Å². The Balaban J connectivity index is 2.49. The first-order valence-corrected chi connectivity index (χ1v) is 6.50. The molecule has 0 radical (unpaired) electrons. The fourth-order valence-corrected chi connectivity index (χ4v) is 1.90. The van der Waals surface area contributed by atoms with Crippen LogP contribution in [0.4, 0.5) is 13.2 Å². The van der Waals surface area contributed by atoms with Crippen LogP contribution in [-0.2, 0) is 12.7 Å². The third kappa shape index (κ3) is 3.37. The normalized spacial score (nSPS) is 12.2. The van der Waals surface area contributed by atoms with E-state index >= 15 is 0 Å². The number of alkyl halides is 3. The highest BCUT2D eigenvalue weighted by molar-refractivity contribution is 9.10. The molecule has 2 rings (SSSR count). The van der Waals surface area contributed by atoms with Gasteiger partial charge in [-0.15, -0.1) is 5.10 Å². The van der Waals surface area contributed by atoms with E-state index in [9.17, 15) is 13.2 Å². The summed E-state index contributed by atoms with van der Waals surface area (Å²) in [6.07, 6.45) is -4.55. The van der Waals surface area contributed by atoms with Crippen LogP contribution in [0.2, 0.25) is 0 Å². The predicted molar refractivity (Wildman–Crippen MR) is 71.5 cm³/mol. The van der Waals surface area contributed by atoms with E-state index in [0.717, 1.165) is 4.47 Å². The lowest BCUT2D eigenvalue weighted by Gasteiger charge is -2.10. The molecule has 1 aromatic heterocycles. The van der Waals surface area contributed by atoms with Crippen molar-refractivity contribution in [3.63, 3.8) is 0 Å². The average molecular weight is 349 g/mol. The first kappa shape index (κ1) is 15.0. The van der Waals surface area contributed by atoms with Crippen LogP contribution in [0.5, 0.6) is 0 Å². The van der Waals surface area contributed by atoms with Gasteiger partial charge in [-0.2, -0.15) is 13.2 Å². The van der Waals surface area contributed by atoms with Gasteiger partial charge in [0.1, 0.15) is 5.82 Å². The van der Waals surface area contributed by atoms with Crippen molar-refractivity contribution in [1.29, 1.82) is 0 Å². The van der Waals surface area contributed by atoms with Gasteiger partial charge in [-0.25, -0.2) is 9.67 Å². The lowest BCUT2D eigenvalue weighted by molar-refractivity contribution is -0.144. The summed E-state index contributed by atoms with van der Waals surface area (Å²) in [6, 6.07) is 6.84. The van der Waals surface area contributed by atoms with Gasteiger partial charge in [0.05, 0.1) is 12.2 Å². The molecule has 0 saturated carbocycles. The standard InChI is InChI=1S/C12H12BrF3N4/c1-19(2)7-10-17-11(12(14,15)16)18-20(10)9-5-3-8(13)4-6-9/h3-6H,7H2,1-2H3. The summed E-state index contributed by atoms with van der Waals surface area (Å²) in [5.74, 6) is -0.887. The van der Waals surface area contributed by atoms with Gasteiger partial charge < -0.3 is 4.90 Å². The van der Waals surface area contributed by atoms with E-state index in [1.54, 1.807) is 43.3 Å². The van der Waals surface area contributed by atoms with Gasteiger partial charge in [0.2, 0.25) is 0 Å². The van der Waals surface area contributed by atoms with Crippen molar-refractivity contribution in [1.82, 2.24) is 19.7 Å². The zero-order chi connectivity index (χ0) is 14.9. The van der Waals surface area contributed by atoms with Crippen molar-refractivity contribution in [2.45, 2.75) is 12.7 Å². The third-order valence-electron chi connectivity index (χ3n) is 2.46. The zero-order valence-electron chi connectivity index (χ0n) is 10.8. The van der Waals surface area contributed by atoms with Crippen molar-refractivity contribution in [3.8, 4) is 5.69 Å². The Morgan fingerprint density at radius 2 is 1.80 bits per heavy atom. The lowest BCUT2D eigenvalue weighted by Crippen LogP contribution is -2.15. The molecule has 0 N–H and O–H groups in total. The van der Waals surface area contributed by atoms with Crippen LogP contribution in [0.25, 0.3) is 5.69 Å². The third-order valence-corrected chi connectivity index (χ3v) is 2.99. The molecule has 4 nitrogen and oxygen atoms in total. The summed E-state index contributed by atoms with van der Waals surface area (Å²) < 4.78 is 40.3. The van der Waals surface area contributed by atoms with Crippen molar-refractivity contribution < 1.29 is 13.2 Å². The minimum atomic E-state index is -4.55. The van der Waals surface area contributed by atoms with Crippen molar-refractivity contribution in [3.05, 3.63) is 40.4 Å². The van der Waals surface area contributed by atoms with E-state index in [2.05, 4.69) is 26.0 Å². The average Bonchev–Trinajstić information content (AvgIpc) is 2.73. The molecular formula is C12H12BrF3N4. The number of rotatable bonds is 3. The minimum Gasteiger partial charge on any atom is -0.302 e. The van der Waals surface area contributed by atoms with Gasteiger partial charge in [0.15, 0.2) is 0 Å². The molecular weight excluding hydrogens is 337 g/mol. The fraction of sp³-hybridized carbons (Fsp3) is 0.333. The maximum Gasteiger partial charge on any atom is 0.453 e. The van der Waals surface area contributed by atoms with Crippen LogP contribution in [-0.4, -0.2) is 33.8 Å². The van der Waals surface area contributed by atoms with Crippen LogP contribution in [0, 0.1) is 0 Å². The maximum absolute atomic E-state index is 12.7. The first-order chi connectivity index (χ1) is 9.27. The SMILES string of the molecule is CN(C)Cc1nc(C(F)(F)F)nn1-c1ccc(Br)cc1. The predicted octanol–water partition coefficient (Wildman–Crippen LogP) is 3.11. The van der Waals surface area contributed by atoms with Gasteiger partial charge in [-0.05, 0) is 38.4 Å². The van der Waals surface area contributed by atoms with Crippen LogP contribution in [0.15, 0.2) is 28.7 Å². The quantitative estimate of drug-likeness (QED) is 0.854. The molecule has 0 aliphatic rings. The number of hydrogen-bond acceptors (Lipinski definition) is 3. The monoisotopic (exact) mass is 348 g/mol. The molecule has 0 spiro atoms. The number of aromatic nitrogens is 3. The van der Waals surface area contributed by atoms with Crippen LogP contribution >= 0.6 is 15.9 Å². The highest BCUT2D eigenvalue weighted by atomic mass is 79.9. The van der Waals surface area contributed by atoms with Gasteiger partial charge in [-0.1, -0.05) is 15.9 Å². The molecule has 1 heterocycles. The molecule has 0 atom stereocenters. The van der Waals surface area contributed by atoms with E-state index in [4.69, 9.17) is 0 Å². The molecule has 1 aromatic carbocycles. The first-order valence-electron chi connectivity index (χ1n) is 5.71. The minimum absolute atomic E-state index is 0.240. The highest BCUT2D eigenvalue weighted by Crippen LogP contribution is 2.27. The number of halogens is 4. The topological polar surface area (TPSA) is 34.0 Å². The Hall–Kier alpha value is -1.41. The van der Waals surface area contributed by atoms with Crippen LogP contribution in [0.1, 0.15) is 11.6 Å². The molecule has 0 aliphatic carbocycles. The molecule has 108 valence electrons. The van der Waals surface area contributed by atoms with Crippen molar-refractivity contribution in [2.75, 3.05) is 14.1 Å². The fourth-order valence-electron chi connectivity index (χ4n) is 1.64. The van der Waals surface area contributed by atoms with Gasteiger partial charge in [0.25, 0.3) is 5.82 Å². The Morgan fingerprint density at radius 3 is 2.30 bits per heavy atom. The van der Waals surface area contributed by atoms with Gasteiger partial charge in [-0.3, -0.25) is 0 Å². The summed E-state index contributed by atoms with van der Waals surface area (Å²) in [5, 5.41) is 3.57. The highest BCUT2D eigenvalue weighted by Gasteiger charge is 2.37. The Kier molecular flexibility index (Phi) is 4.14. The summed E-state index contributed by atoms with van der Waals surface area (Å²) in [5.41, 5.74) is 0.535. The number of nitrogens with zero attached hydrogens (tertiary/aromatic N) is 4. The molecule has 0 unspecified atom stereocenters. The van der Waals surface area contributed by atoms with Crippen molar-refractivity contribution in [2.24, 2.45) is 0 Å². The molecule has 0 fully saturated rings. The number of hydrogen-bond donors (Lipinski definition) is 0. The zero-order valence-corrected chi connectivity index (χ0v) is 12.4. The smallest absolute Gasteiger partial charge is 0.302 e. The molecule has 0 bridgehead atoms. The molecule has 0 amide bonds. The van der Waals surface area contributed by atoms with E-state index < -0.39 is 12.0 Å². The lowest BCUT2D eigenvalue weighted by atomic mass is 10.3. The second-order valence-corrected chi connectivity index (χ2v) is 5.39. The van der Waals surface area contributed by atoms with E-state index in [-0.39, 0.29) is 12.4 Å². The summed E-state index contributed by atoms with van der Waals surface area (Å²) in [7, 11) is 3.52. The molecule has 8 heteroatoms. The van der Waals surface area contributed by atoms with Crippen molar-refractivity contribution >= 4 is 15.9 Å². The van der Waals surface area contributed by atoms with Crippen LogP contribution in [0.3, 0.4) is 0 Å². The second-order valence-electron chi connectivity index (χ2n) is 4.48. The number of benzene rings is 1. The molecule has 20 heavy (non-hydrogen) atoms. The molecule has 0 saturated heterocycles. The second kappa shape index (κ2) is 5.53. The van der Waals surface area contributed by atoms with E-state index in [0.29, 0.717) is 5.69 Å². The van der Waals surface area contributed by atoms with Crippen LogP contribution < -0.4 is 0 Å². The Morgan fingerprint density at radius 1 is 1.20 bits per heavy atom. The maximum atomic E-state index is 12.7. The largest absolute Gasteiger partial charge is 0.453 e.